The summed E-state index contributed by atoms with van der Waals surface area (Å²) in [6.45, 7) is 12.9. The molecule has 0 radical (unpaired) electrons. The fourth-order valence-corrected chi connectivity index (χ4v) is 4.09. The van der Waals surface area contributed by atoms with Crippen molar-refractivity contribution in [2.24, 2.45) is 0 Å². The molecule has 0 aliphatic rings. The molecule has 1 atom stereocenters. The Hall–Kier alpha value is -3.06. The second kappa shape index (κ2) is 12.1. The van der Waals surface area contributed by atoms with E-state index >= 15 is 0 Å². The van der Waals surface area contributed by atoms with Crippen molar-refractivity contribution in [2.75, 3.05) is 18.4 Å². The maximum atomic E-state index is 13.7. The number of hydrogen-bond acceptors (Lipinski definition) is 4. The average Bonchev–Trinajstić information content (AvgIpc) is 2.72. The van der Waals surface area contributed by atoms with Crippen molar-refractivity contribution in [3.05, 3.63) is 63.7 Å². The molecule has 190 valence electrons. The predicted octanol–water partition coefficient (Wildman–Crippen LogP) is 5.71. The zero-order chi connectivity index (χ0) is 26.3. The molecule has 0 heterocycles. The first kappa shape index (κ1) is 28.2. The summed E-state index contributed by atoms with van der Waals surface area (Å²) >= 11 is 6.36. The van der Waals surface area contributed by atoms with E-state index in [4.69, 9.17) is 16.3 Å². The molecule has 0 bridgehead atoms. The summed E-state index contributed by atoms with van der Waals surface area (Å²) in [4.78, 5) is 40.7. The van der Waals surface area contributed by atoms with Crippen LogP contribution >= 0.6 is 11.6 Å². The Morgan fingerprint density at radius 1 is 1.06 bits per heavy atom. The zero-order valence-corrected chi connectivity index (χ0v) is 22.4. The number of nitrogens with zero attached hydrogens (tertiary/aromatic N) is 1. The Morgan fingerprint density at radius 3 is 2.23 bits per heavy atom. The summed E-state index contributed by atoms with van der Waals surface area (Å²) in [5.41, 5.74) is 3.26. The third kappa shape index (κ3) is 8.28. The van der Waals surface area contributed by atoms with Crippen LogP contribution in [0.5, 0.6) is 0 Å². The van der Waals surface area contributed by atoms with Gasteiger partial charge in [-0.2, -0.15) is 0 Å². The van der Waals surface area contributed by atoms with Crippen LogP contribution in [-0.4, -0.2) is 41.5 Å². The quantitative estimate of drug-likeness (QED) is 0.485. The number of nitrogens with one attached hydrogen (secondary N) is 2. The summed E-state index contributed by atoms with van der Waals surface area (Å²) < 4.78 is 5.24. The largest absolute Gasteiger partial charge is 0.444 e. The van der Waals surface area contributed by atoms with Gasteiger partial charge in [-0.1, -0.05) is 60.0 Å². The molecule has 1 unspecified atom stereocenters. The number of anilines is 1. The number of para-hydroxylation sites is 1. The van der Waals surface area contributed by atoms with Crippen molar-refractivity contribution >= 4 is 35.2 Å². The third-order valence-electron chi connectivity index (χ3n) is 5.16. The molecule has 0 spiro atoms. The predicted molar refractivity (Wildman–Crippen MR) is 140 cm³/mol. The van der Waals surface area contributed by atoms with Gasteiger partial charge in [-0.05, 0) is 65.2 Å². The highest BCUT2D eigenvalue weighted by molar-refractivity contribution is 6.34. The van der Waals surface area contributed by atoms with E-state index in [9.17, 15) is 14.4 Å². The molecule has 2 aromatic rings. The lowest BCUT2D eigenvalue weighted by Crippen LogP contribution is -2.47. The molecule has 0 saturated heterocycles. The van der Waals surface area contributed by atoms with E-state index in [1.165, 1.54) is 4.90 Å². The molecule has 2 rings (SSSR count). The highest BCUT2D eigenvalue weighted by atomic mass is 35.5. The Balaban J connectivity index is 2.42. The molecule has 2 aromatic carbocycles. The van der Waals surface area contributed by atoms with E-state index < -0.39 is 23.6 Å². The summed E-state index contributed by atoms with van der Waals surface area (Å²) in [5.74, 6) is -0.779. The van der Waals surface area contributed by atoms with Gasteiger partial charge < -0.3 is 20.3 Å². The van der Waals surface area contributed by atoms with Crippen molar-refractivity contribution in [1.82, 2.24) is 10.2 Å². The number of carbonyl (C=O) groups excluding carboxylic acids is 3. The number of alkyl carbamates (subject to hydrolysis) is 1. The van der Waals surface area contributed by atoms with Gasteiger partial charge in [0.1, 0.15) is 18.2 Å². The van der Waals surface area contributed by atoms with Crippen molar-refractivity contribution in [3.63, 3.8) is 0 Å². The van der Waals surface area contributed by atoms with Crippen LogP contribution < -0.4 is 10.6 Å². The normalized spacial score (nSPS) is 12.0. The van der Waals surface area contributed by atoms with Gasteiger partial charge in [-0.25, -0.2) is 4.79 Å². The monoisotopic (exact) mass is 501 g/mol. The molecular formula is C27H36ClN3O4. The Kier molecular flexibility index (Phi) is 9.72. The van der Waals surface area contributed by atoms with Crippen LogP contribution in [0.25, 0.3) is 0 Å². The third-order valence-corrected chi connectivity index (χ3v) is 5.47. The van der Waals surface area contributed by atoms with Gasteiger partial charge in [0.05, 0.1) is 10.7 Å². The summed E-state index contributed by atoms with van der Waals surface area (Å²) in [7, 11) is 0. The molecule has 0 saturated carbocycles. The highest BCUT2D eigenvalue weighted by Gasteiger charge is 2.32. The number of ether oxygens (including phenoxy) is 1. The Morgan fingerprint density at radius 2 is 1.69 bits per heavy atom. The van der Waals surface area contributed by atoms with Gasteiger partial charge in [0.25, 0.3) is 5.91 Å². The lowest BCUT2D eigenvalue weighted by Gasteiger charge is -2.32. The molecule has 2 N–H and O–H groups in total. The molecule has 8 heteroatoms. The van der Waals surface area contributed by atoms with Gasteiger partial charge in [-0.15, -0.1) is 0 Å². The minimum atomic E-state index is -0.919. The summed E-state index contributed by atoms with van der Waals surface area (Å²) in [6.07, 6.45) is -0.0703. The van der Waals surface area contributed by atoms with Gasteiger partial charge >= 0.3 is 6.09 Å². The fourth-order valence-electron chi connectivity index (χ4n) is 3.82. The highest BCUT2D eigenvalue weighted by Crippen LogP contribution is 2.30. The van der Waals surface area contributed by atoms with Crippen LogP contribution in [0.1, 0.15) is 62.4 Å². The topological polar surface area (TPSA) is 87.7 Å². The molecule has 0 aromatic heterocycles. The number of rotatable bonds is 8. The van der Waals surface area contributed by atoms with E-state index in [2.05, 4.69) is 10.6 Å². The first-order valence-electron chi connectivity index (χ1n) is 11.7. The van der Waals surface area contributed by atoms with Crippen molar-refractivity contribution in [1.29, 1.82) is 0 Å². The molecule has 3 amide bonds. The second-order valence-electron chi connectivity index (χ2n) is 9.69. The summed E-state index contributed by atoms with van der Waals surface area (Å²) in [6, 6.07) is 10.2. The number of aryl methyl sites for hydroxylation is 3. The van der Waals surface area contributed by atoms with Gasteiger partial charge in [0.2, 0.25) is 5.91 Å². The van der Waals surface area contributed by atoms with Crippen LogP contribution in [0, 0.1) is 20.8 Å². The van der Waals surface area contributed by atoms with E-state index in [0.29, 0.717) is 29.2 Å². The van der Waals surface area contributed by atoms with Crippen molar-refractivity contribution in [3.8, 4) is 0 Å². The molecule has 35 heavy (non-hydrogen) atoms. The lowest BCUT2D eigenvalue weighted by molar-refractivity contribution is -0.138. The maximum Gasteiger partial charge on any atom is 0.408 e. The van der Waals surface area contributed by atoms with Gasteiger partial charge in [0, 0.05) is 6.54 Å². The van der Waals surface area contributed by atoms with Crippen LogP contribution in [-0.2, 0) is 14.3 Å². The molecule has 0 aliphatic heterocycles. The number of halogens is 1. The average molecular weight is 502 g/mol. The first-order chi connectivity index (χ1) is 16.3. The Labute approximate surface area is 213 Å². The van der Waals surface area contributed by atoms with Crippen molar-refractivity contribution in [2.45, 2.75) is 66.5 Å². The first-order valence-corrected chi connectivity index (χ1v) is 12.1. The SMILES string of the molecule is CCCN(C(=O)CNC(=O)OC(C)(C)C)C(C(=O)Nc1c(C)cccc1Cl)c1cc(C)cc(C)c1. The summed E-state index contributed by atoms with van der Waals surface area (Å²) in [5, 5.41) is 5.85. The minimum absolute atomic E-state index is 0.297. The number of hydrogen-bond donors (Lipinski definition) is 2. The number of benzene rings is 2. The standard InChI is InChI=1S/C27H36ClN3O4/c1-8-12-31(22(32)16-29-26(34)35-27(5,6)7)24(20-14-17(2)13-18(3)15-20)25(33)30-23-19(4)10-9-11-21(23)28/h9-11,13-15,24H,8,12,16H2,1-7H3,(H,29,34)(H,30,33). The van der Waals surface area contributed by atoms with E-state index in [1.807, 2.05) is 58.0 Å². The fraction of sp³-hybridized carbons (Fsp3) is 0.444. The maximum absolute atomic E-state index is 13.7. The van der Waals surface area contributed by atoms with Crippen molar-refractivity contribution < 1.29 is 19.1 Å². The Bertz CT molecular complexity index is 1040. The smallest absolute Gasteiger partial charge is 0.408 e. The van der Waals surface area contributed by atoms with Gasteiger partial charge in [-0.3, -0.25) is 9.59 Å². The molecular weight excluding hydrogens is 466 g/mol. The van der Waals surface area contributed by atoms with Crippen LogP contribution in [0.4, 0.5) is 10.5 Å². The number of amides is 3. The minimum Gasteiger partial charge on any atom is -0.444 e. The van der Waals surface area contributed by atoms with E-state index in [-0.39, 0.29) is 12.5 Å². The molecule has 0 aliphatic carbocycles. The molecule has 7 nitrogen and oxygen atoms in total. The van der Waals surface area contributed by atoms with Crippen LogP contribution in [0.3, 0.4) is 0 Å². The van der Waals surface area contributed by atoms with E-state index in [0.717, 1.165) is 16.7 Å². The van der Waals surface area contributed by atoms with E-state index in [1.54, 1.807) is 26.8 Å². The van der Waals surface area contributed by atoms with Crippen LogP contribution in [0.15, 0.2) is 36.4 Å². The van der Waals surface area contributed by atoms with Crippen LogP contribution in [0.2, 0.25) is 5.02 Å². The lowest BCUT2D eigenvalue weighted by atomic mass is 9.98. The number of carbonyl (C=O) groups is 3. The zero-order valence-electron chi connectivity index (χ0n) is 21.6. The molecule has 0 fully saturated rings. The van der Waals surface area contributed by atoms with Gasteiger partial charge in [0.15, 0.2) is 0 Å². The second-order valence-corrected chi connectivity index (χ2v) is 10.1.